The highest BCUT2D eigenvalue weighted by molar-refractivity contribution is 5.91. The number of carbonyl (C=O) groups excluding carboxylic acids is 1. The SMILES string of the molecule is CCCCCc1ccc(NC(=O)CC2(N)CCCC2)cc1. The number of nitrogens with one attached hydrogen (secondary N) is 1. The second kappa shape index (κ2) is 7.60. The number of nitrogens with two attached hydrogens (primary N) is 1. The van der Waals surface area contributed by atoms with Crippen LogP contribution >= 0.6 is 0 Å². The molecule has 3 nitrogen and oxygen atoms in total. The number of rotatable bonds is 7. The molecule has 2 rings (SSSR count). The molecule has 1 aromatic carbocycles. The van der Waals surface area contributed by atoms with E-state index >= 15 is 0 Å². The number of unbranched alkanes of at least 4 members (excludes halogenated alkanes) is 2. The quantitative estimate of drug-likeness (QED) is 0.745. The van der Waals surface area contributed by atoms with Crippen LogP contribution < -0.4 is 11.1 Å². The number of aryl methyl sites for hydroxylation is 1. The number of hydrogen-bond donors (Lipinski definition) is 2. The van der Waals surface area contributed by atoms with E-state index in [0.717, 1.165) is 37.8 Å². The lowest BCUT2D eigenvalue weighted by Crippen LogP contribution is -2.40. The Labute approximate surface area is 128 Å². The third-order valence-electron chi connectivity index (χ3n) is 4.42. The van der Waals surface area contributed by atoms with Gasteiger partial charge in [-0.15, -0.1) is 0 Å². The number of carbonyl (C=O) groups is 1. The van der Waals surface area contributed by atoms with Crippen LogP contribution in [0.25, 0.3) is 0 Å². The Morgan fingerprint density at radius 2 is 1.86 bits per heavy atom. The van der Waals surface area contributed by atoms with Crippen molar-refractivity contribution in [2.45, 2.75) is 70.3 Å². The van der Waals surface area contributed by atoms with Gasteiger partial charge in [0.15, 0.2) is 0 Å². The van der Waals surface area contributed by atoms with E-state index in [0.29, 0.717) is 6.42 Å². The van der Waals surface area contributed by atoms with Crippen LogP contribution in [0.3, 0.4) is 0 Å². The maximum absolute atomic E-state index is 12.1. The molecule has 1 aliphatic carbocycles. The highest BCUT2D eigenvalue weighted by Crippen LogP contribution is 2.30. The van der Waals surface area contributed by atoms with Gasteiger partial charge in [-0.2, -0.15) is 0 Å². The van der Waals surface area contributed by atoms with Gasteiger partial charge in [0, 0.05) is 17.6 Å². The van der Waals surface area contributed by atoms with Crippen LogP contribution in [0, 0.1) is 0 Å². The summed E-state index contributed by atoms with van der Waals surface area (Å²) in [6, 6.07) is 8.21. The molecule has 0 atom stereocenters. The van der Waals surface area contributed by atoms with Crippen LogP contribution in [-0.4, -0.2) is 11.4 Å². The van der Waals surface area contributed by atoms with E-state index < -0.39 is 0 Å². The zero-order chi connectivity index (χ0) is 15.1. The maximum atomic E-state index is 12.1. The molecule has 0 heterocycles. The fraction of sp³-hybridized carbons (Fsp3) is 0.611. The van der Waals surface area contributed by atoms with Crippen LogP contribution in [0.2, 0.25) is 0 Å². The molecule has 1 fully saturated rings. The Morgan fingerprint density at radius 3 is 2.48 bits per heavy atom. The molecule has 1 amide bonds. The minimum atomic E-state index is -0.274. The van der Waals surface area contributed by atoms with Crippen molar-refractivity contribution in [2.24, 2.45) is 5.73 Å². The van der Waals surface area contributed by atoms with Crippen molar-refractivity contribution >= 4 is 11.6 Å². The Morgan fingerprint density at radius 1 is 1.19 bits per heavy atom. The molecule has 3 heteroatoms. The second-order valence-corrected chi connectivity index (χ2v) is 6.45. The van der Waals surface area contributed by atoms with Crippen LogP contribution in [0.1, 0.15) is 63.9 Å². The second-order valence-electron chi connectivity index (χ2n) is 6.45. The monoisotopic (exact) mass is 288 g/mol. The summed E-state index contributed by atoms with van der Waals surface area (Å²) < 4.78 is 0. The van der Waals surface area contributed by atoms with Gasteiger partial charge in [0.25, 0.3) is 0 Å². The summed E-state index contributed by atoms with van der Waals surface area (Å²) in [5.74, 6) is 0.0399. The van der Waals surface area contributed by atoms with Crippen molar-refractivity contribution in [3.05, 3.63) is 29.8 Å². The van der Waals surface area contributed by atoms with Crippen molar-refractivity contribution in [3.8, 4) is 0 Å². The van der Waals surface area contributed by atoms with Gasteiger partial charge in [-0.3, -0.25) is 4.79 Å². The number of hydrogen-bond acceptors (Lipinski definition) is 2. The molecule has 1 aromatic rings. The molecule has 0 bridgehead atoms. The number of amides is 1. The normalized spacial score (nSPS) is 16.9. The molecule has 1 aliphatic rings. The molecular formula is C18H28N2O. The summed E-state index contributed by atoms with van der Waals surface area (Å²) >= 11 is 0. The van der Waals surface area contributed by atoms with E-state index in [9.17, 15) is 4.79 Å². The molecule has 116 valence electrons. The van der Waals surface area contributed by atoms with E-state index in [4.69, 9.17) is 5.73 Å². The molecule has 21 heavy (non-hydrogen) atoms. The average Bonchev–Trinajstić information content (AvgIpc) is 2.87. The van der Waals surface area contributed by atoms with Crippen molar-refractivity contribution in [2.75, 3.05) is 5.32 Å². The average molecular weight is 288 g/mol. The van der Waals surface area contributed by atoms with Gasteiger partial charge in [0.05, 0.1) is 0 Å². The summed E-state index contributed by atoms with van der Waals surface area (Å²) in [7, 11) is 0. The summed E-state index contributed by atoms with van der Waals surface area (Å²) in [6.07, 6.45) is 9.54. The van der Waals surface area contributed by atoms with Gasteiger partial charge in [-0.25, -0.2) is 0 Å². The Hall–Kier alpha value is -1.35. The first kappa shape index (κ1) is 16.0. The van der Waals surface area contributed by atoms with E-state index in [-0.39, 0.29) is 11.4 Å². The van der Waals surface area contributed by atoms with Crippen LogP contribution in [-0.2, 0) is 11.2 Å². The fourth-order valence-corrected chi connectivity index (χ4v) is 3.11. The largest absolute Gasteiger partial charge is 0.326 e. The van der Waals surface area contributed by atoms with E-state index in [2.05, 4.69) is 24.4 Å². The van der Waals surface area contributed by atoms with Gasteiger partial charge in [0.1, 0.15) is 0 Å². The number of benzene rings is 1. The minimum absolute atomic E-state index is 0.0399. The van der Waals surface area contributed by atoms with Crippen molar-refractivity contribution in [1.82, 2.24) is 0 Å². The lowest BCUT2D eigenvalue weighted by Gasteiger charge is -2.22. The maximum Gasteiger partial charge on any atom is 0.226 e. The first-order chi connectivity index (χ1) is 10.1. The number of anilines is 1. The molecular weight excluding hydrogens is 260 g/mol. The predicted octanol–water partition coefficient (Wildman–Crippen LogP) is 4.02. The van der Waals surface area contributed by atoms with Gasteiger partial charge < -0.3 is 11.1 Å². The molecule has 0 radical (unpaired) electrons. The summed E-state index contributed by atoms with van der Waals surface area (Å²) in [5.41, 5.74) is 8.19. The predicted molar refractivity (Wildman–Crippen MR) is 88.3 cm³/mol. The molecule has 1 saturated carbocycles. The van der Waals surface area contributed by atoms with Crippen LogP contribution in [0.4, 0.5) is 5.69 Å². The lowest BCUT2D eigenvalue weighted by atomic mass is 9.94. The van der Waals surface area contributed by atoms with E-state index in [1.165, 1.54) is 24.8 Å². The third kappa shape index (κ3) is 5.16. The van der Waals surface area contributed by atoms with E-state index in [1.54, 1.807) is 0 Å². The highest BCUT2D eigenvalue weighted by atomic mass is 16.1. The Balaban J connectivity index is 1.80. The van der Waals surface area contributed by atoms with Gasteiger partial charge in [0.2, 0.25) is 5.91 Å². The zero-order valence-corrected chi connectivity index (χ0v) is 13.2. The van der Waals surface area contributed by atoms with Gasteiger partial charge >= 0.3 is 0 Å². The Bertz CT molecular complexity index is 447. The van der Waals surface area contributed by atoms with Crippen LogP contribution in [0.5, 0.6) is 0 Å². The lowest BCUT2D eigenvalue weighted by molar-refractivity contribution is -0.117. The first-order valence-corrected chi connectivity index (χ1v) is 8.29. The summed E-state index contributed by atoms with van der Waals surface area (Å²) in [6.45, 7) is 2.22. The van der Waals surface area contributed by atoms with Crippen molar-refractivity contribution in [1.29, 1.82) is 0 Å². The molecule has 0 aromatic heterocycles. The molecule has 0 saturated heterocycles. The Kier molecular flexibility index (Phi) is 5.80. The van der Waals surface area contributed by atoms with Gasteiger partial charge in [-0.05, 0) is 43.4 Å². The van der Waals surface area contributed by atoms with E-state index in [1.807, 2.05) is 12.1 Å². The minimum Gasteiger partial charge on any atom is -0.326 e. The van der Waals surface area contributed by atoms with Gasteiger partial charge in [-0.1, -0.05) is 44.7 Å². The summed E-state index contributed by atoms with van der Waals surface area (Å²) in [4.78, 5) is 12.1. The van der Waals surface area contributed by atoms with Crippen molar-refractivity contribution < 1.29 is 4.79 Å². The summed E-state index contributed by atoms with van der Waals surface area (Å²) in [5, 5.41) is 2.97. The topological polar surface area (TPSA) is 55.1 Å². The molecule has 0 unspecified atom stereocenters. The smallest absolute Gasteiger partial charge is 0.226 e. The third-order valence-corrected chi connectivity index (χ3v) is 4.42. The fourth-order valence-electron chi connectivity index (χ4n) is 3.11. The molecule has 3 N–H and O–H groups in total. The zero-order valence-electron chi connectivity index (χ0n) is 13.2. The first-order valence-electron chi connectivity index (χ1n) is 8.29. The highest BCUT2D eigenvalue weighted by Gasteiger charge is 2.31. The van der Waals surface area contributed by atoms with Crippen LogP contribution in [0.15, 0.2) is 24.3 Å². The standard InChI is InChI=1S/C18H28N2O/c1-2-3-4-7-15-8-10-16(11-9-15)20-17(21)14-18(19)12-5-6-13-18/h8-11H,2-7,12-14,19H2,1H3,(H,20,21). The molecule has 0 aliphatic heterocycles. The van der Waals surface area contributed by atoms with Crippen molar-refractivity contribution in [3.63, 3.8) is 0 Å². The molecule has 0 spiro atoms.